The minimum Gasteiger partial charge on any atom is -0.394 e. The molecule has 2 amide bonds. The summed E-state index contributed by atoms with van der Waals surface area (Å²) >= 11 is 11.6. The normalized spacial score (nSPS) is 11.8. The monoisotopic (exact) mass is 304 g/mol. The lowest BCUT2D eigenvalue weighted by Gasteiger charge is -2.14. The molecule has 0 radical (unpaired) electrons. The lowest BCUT2D eigenvalue weighted by Crippen LogP contribution is -2.43. The number of nitrogens with one attached hydrogen (secondary N) is 2. The lowest BCUT2D eigenvalue weighted by atomic mass is 10.2. The number of benzene rings is 1. The number of hydrogen-bond donors (Lipinski definition) is 3. The Labute approximate surface area is 120 Å². The standard InChI is InChI=1S/C12H14Cl2N2O3/c1-2-8(6-17)15-11(18)12(19)16-10-4-3-7(13)5-9(10)14/h3-5,8,17H,2,6H2,1H3,(H,15,18)(H,16,19). The summed E-state index contributed by atoms with van der Waals surface area (Å²) < 4.78 is 0. The Morgan fingerprint density at radius 1 is 1.32 bits per heavy atom. The molecule has 0 saturated carbocycles. The van der Waals surface area contributed by atoms with E-state index in [0.29, 0.717) is 17.1 Å². The molecule has 1 aromatic rings. The third kappa shape index (κ3) is 4.70. The van der Waals surface area contributed by atoms with Gasteiger partial charge in [-0.15, -0.1) is 0 Å². The third-order valence-electron chi connectivity index (χ3n) is 2.43. The Kier molecular flexibility index (Phi) is 6.08. The molecular formula is C12H14Cl2N2O3. The summed E-state index contributed by atoms with van der Waals surface area (Å²) in [6.45, 7) is 1.56. The Bertz CT molecular complexity index is 476. The first-order valence-corrected chi connectivity index (χ1v) is 6.41. The van der Waals surface area contributed by atoms with Crippen molar-refractivity contribution in [2.75, 3.05) is 11.9 Å². The molecule has 3 N–H and O–H groups in total. The number of hydrogen-bond acceptors (Lipinski definition) is 3. The zero-order valence-corrected chi connectivity index (χ0v) is 11.8. The number of anilines is 1. The van der Waals surface area contributed by atoms with Crippen LogP contribution in [0.25, 0.3) is 0 Å². The van der Waals surface area contributed by atoms with Crippen LogP contribution in [-0.2, 0) is 9.59 Å². The Hall–Kier alpha value is -1.30. The molecule has 1 aromatic carbocycles. The molecular weight excluding hydrogens is 291 g/mol. The molecule has 104 valence electrons. The zero-order valence-electron chi connectivity index (χ0n) is 10.2. The van der Waals surface area contributed by atoms with Crippen LogP contribution in [0.5, 0.6) is 0 Å². The van der Waals surface area contributed by atoms with Gasteiger partial charge in [0, 0.05) is 5.02 Å². The van der Waals surface area contributed by atoms with Gasteiger partial charge >= 0.3 is 11.8 Å². The lowest BCUT2D eigenvalue weighted by molar-refractivity contribution is -0.136. The highest BCUT2D eigenvalue weighted by molar-refractivity contribution is 6.42. The number of carbonyl (C=O) groups is 2. The molecule has 0 fully saturated rings. The minimum atomic E-state index is -0.851. The molecule has 5 nitrogen and oxygen atoms in total. The smallest absolute Gasteiger partial charge is 0.313 e. The van der Waals surface area contributed by atoms with E-state index in [1.165, 1.54) is 12.1 Å². The molecule has 19 heavy (non-hydrogen) atoms. The minimum absolute atomic E-state index is 0.225. The first-order chi connectivity index (χ1) is 8.97. The van der Waals surface area contributed by atoms with Crippen LogP contribution in [0.2, 0.25) is 10.0 Å². The Morgan fingerprint density at radius 2 is 2.00 bits per heavy atom. The van der Waals surface area contributed by atoms with Crippen molar-refractivity contribution in [1.82, 2.24) is 5.32 Å². The summed E-state index contributed by atoms with van der Waals surface area (Å²) in [5.41, 5.74) is 0.295. The largest absolute Gasteiger partial charge is 0.394 e. The molecule has 0 aliphatic heterocycles. The van der Waals surface area contributed by atoms with Crippen molar-refractivity contribution in [3.05, 3.63) is 28.2 Å². The van der Waals surface area contributed by atoms with E-state index in [0.717, 1.165) is 0 Å². The van der Waals surface area contributed by atoms with Crippen LogP contribution in [-0.4, -0.2) is 29.6 Å². The maximum absolute atomic E-state index is 11.6. The molecule has 7 heteroatoms. The molecule has 0 aromatic heterocycles. The molecule has 0 spiro atoms. The zero-order chi connectivity index (χ0) is 14.4. The first kappa shape index (κ1) is 15.8. The van der Waals surface area contributed by atoms with Crippen LogP contribution in [0.3, 0.4) is 0 Å². The van der Waals surface area contributed by atoms with E-state index in [-0.39, 0.29) is 11.6 Å². The predicted molar refractivity (Wildman–Crippen MR) is 74.4 cm³/mol. The second-order valence-electron chi connectivity index (χ2n) is 3.84. The van der Waals surface area contributed by atoms with Crippen molar-refractivity contribution in [2.24, 2.45) is 0 Å². The van der Waals surface area contributed by atoms with Crippen LogP contribution >= 0.6 is 23.2 Å². The van der Waals surface area contributed by atoms with Gasteiger partial charge in [-0.2, -0.15) is 0 Å². The molecule has 0 aliphatic carbocycles. The average molecular weight is 305 g/mol. The first-order valence-electron chi connectivity index (χ1n) is 5.65. The maximum atomic E-state index is 11.6. The quantitative estimate of drug-likeness (QED) is 0.742. The number of aliphatic hydroxyl groups is 1. The van der Waals surface area contributed by atoms with Gasteiger partial charge in [0.2, 0.25) is 0 Å². The van der Waals surface area contributed by atoms with Gasteiger partial charge in [-0.3, -0.25) is 9.59 Å². The molecule has 1 unspecified atom stereocenters. The molecule has 1 atom stereocenters. The van der Waals surface area contributed by atoms with E-state index in [1.807, 2.05) is 0 Å². The fourth-order valence-electron chi connectivity index (χ4n) is 1.30. The second-order valence-corrected chi connectivity index (χ2v) is 4.68. The van der Waals surface area contributed by atoms with Gasteiger partial charge in [0.25, 0.3) is 0 Å². The average Bonchev–Trinajstić information content (AvgIpc) is 2.38. The molecule has 0 heterocycles. The van der Waals surface area contributed by atoms with Crippen molar-refractivity contribution >= 4 is 40.7 Å². The number of carbonyl (C=O) groups excluding carboxylic acids is 2. The van der Waals surface area contributed by atoms with Crippen LogP contribution in [0.15, 0.2) is 18.2 Å². The highest BCUT2D eigenvalue weighted by atomic mass is 35.5. The van der Waals surface area contributed by atoms with Gasteiger partial charge in [-0.25, -0.2) is 0 Å². The summed E-state index contributed by atoms with van der Waals surface area (Å²) in [5, 5.41) is 14.4. The second kappa shape index (κ2) is 7.33. The highest BCUT2D eigenvalue weighted by Crippen LogP contribution is 2.25. The van der Waals surface area contributed by atoms with E-state index in [4.69, 9.17) is 28.3 Å². The summed E-state index contributed by atoms with van der Waals surface area (Å²) in [7, 11) is 0. The van der Waals surface area contributed by atoms with Gasteiger partial charge in [-0.05, 0) is 24.6 Å². The summed E-state index contributed by atoms with van der Waals surface area (Å²) in [6.07, 6.45) is 0.525. The van der Waals surface area contributed by atoms with Crippen molar-refractivity contribution < 1.29 is 14.7 Å². The van der Waals surface area contributed by atoms with E-state index in [2.05, 4.69) is 10.6 Å². The van der Waals surface area contributed by atoms with Gasteiger partial charge < -0.3 is 15.7 Å². The van der Waals surface area contributed by atoms with Crippen molar-refractivity contribution in [3.63, 3.8) is 0 Å². The Morgan fingerprint density at radius 3 is 2.53 bits per heavy atom. The number of rotatable bonds is 4. The fraction of sp³-hybridized carbons (Fsp3) is 0.333. The topological polar surface area (TPSA) is 78.4 Å². The van der Waals surface area contributed by atoms with E-state index in [9.17, 15) is 9.59 Å². The van der Waals surface area contributed by atoms with Crippen molar-refractivity contribution in [2.45, 2.75) is 19.4 Å². The van der Waals surface area contributed by atoms with E-state index in [1.54, 1.807) is 13.0 Å². The van der Waals surface area contributed by atoms with Gasteiger partial charge in [0.05, 0.1) is 23.4 Å². The van der Waals surface area contributed by atoms with E-state index >= 15 is 0 Å². The van der Waals surface area contributed by atoms with Gasteiger partial charge in [0.15, 0.2) is 0 Å². The number of aliphatic hydroxyl groups excluding tert-OH is 1. The SMILES string of the molecule is CCC(CO)NC(=O)C(=O)Nc1ccc(Cl)cc1Cl. The fourth-order valence-corrected chi connectivity index (χ4v) is 1.75. The van der Waals surface area contributed by atoms with Crippen molar-refractivity contribution in [3.8, 4) is 0 Å². The van der Waals surface area contributed by atoms with Crippen LogP contribution in [0.4, 0.5) is 5.69 Å². The van der Waals surface area contributed by atoms with Crippen LogP contribution < -0.4 is 10.6 Å². The summed E-state index contributed by atoms with van der Waals surface area (Å²) in [4.78, 5) is 23.2. The highest BCUT2D eigenvalue weighted by Gasteiger charge is 2.18. The van der Waals surface area contributed by atoms with Gasteiger partial charge in [0.1, 0.15) is 0 Å². The van der Waals surface area contributed by atoms with Gasteiger partial charge in [-0.1, -0.05) is 30.1 Å². The van der Waals surface area contributed by atoms with E-state index < -0.39 is 17.9 Å². The summed E-state index contributed by atoms with van der Waals surface area (Å²) in [6, 6.07) is 4.06. The predicted octanol–water partition coefficient (Wildman–Crippen LogP) is 1.82. The maximum Gasteiger partial charge on any atom is 0.313 e. The number of amides is 2. The molecule has 0 aliphatic rings. The third-order valence-corrected chi connectivity index (χ3v) is 2.98. The molecule has 1 rings (SSSR count). The molecule has 0 saturated heterocycles. The summed E-state index contributed by atoms with van der Waals surface area (Å²) in [5.74, 6) is -1.68. The van der Waals surface area contributed by atoms with Crippen LogP contribution in [0.1, 0.15) is 13.3 Å². The number of halogens is 2. The Balaban J connectivity index is 2.66. The van der Waals surface area contributed by atoms with Crippen molar-refractivity contribution in [1.29, 1.82) is 0 Å². The van der Waals surface area contributed by atoms with Crippen LogP contribution in [0, 0.1) is 0 Å². The molecule has 0 bridgehead atoms.